The smallest absolute Gasteiger partial charge is 0.325 e. The van der Waals surface area contributed by atoms with Gasteiger partial charge in [-0.1, -0.05) is 23.5 Å². The SMILES string of the molecule is CCOc1ccc2c(c1)sc(=NC(=O)c1ccccc1F)n2CC(=O)OC. The van der Waals surface area contributed by atoms with Crippen LogP contribution in [0.4, 0.5) is 4.39 Å². The van der Waals surface area contributed by atoms with E-state index < -0.39 is 17.7 Å². The fourth-order valence-corrected chi connectivity index (χ4v) is 3.58. The molecule has 27 heavy (non-hydrogen) atoms. The zero-order chi connectivity index (χ0) is 19.4. The summed E-state index contributed by atoms with van der Waals surface area (Å²) in [5.41, 5.74) is 0.573. The molecule has 0 aliphatic carbocycles. The summed E-state index contributed by atoms with van der Waals surface area (Å²) in [6.07, 6.45) is 0. The van der Waals surface area contributed by atoms with Gasteiger partial charge in [-0.15, -0.1) is 0 Å². The lowest BCUT2D eigenvalue weighted by Gasteiger charge is -2.05. The minimum atomic E-state index is -0.719. The average Bonchev–Trinajstić information content (AvgIpc) is 2.98. The first-order valence-corrected chi connectivity index (χ1v) is 9.01. The zero-order valence-electron chi connectivity index (χ0n) is 14.8. The van der Waals surface area contributed by atoms with E-state index in [1.54, 1.807) is 22.8 Å². The highest BCUT2D eigenvalue weighted by Gasteiger charge is 2.14. The molecular formula is C19H17FN2O4S. The highest BCUT2D eigenvalue weighted by atomic mass is 32.1. The molecule has 3 rings (SSSR count). The summed E-state index contributed by atoms with van der Waals surface area (Å²) in [5, 5.41) is 0. The van der Waals surface area contributed by atoms with Crippen molar-refractivity contribution < 1.29 is 23.5 Å². The molecule has 0 aliphatic rings. The lowest BCUT2D eigenvalue weighted by Crippen LogP contribution is -2.22. The van der Waals surface area contributed by atoms with Crippen LogP contribution in [0, 0.1) is 5.82 Å². The van der Waals surface area contributed by atoms with Gasteiger partial charge in [-0.3, -0.25) is 9.59 Å². The van der Waals surface area contributed by atoms with Crippen molar-refractivity contribution in [3.8, 4) is 5.75 Å². The third kappa shape index (κ3) is 4.06. The van der Waals surface area contributed by atoms with Crippen LogP contribution in [0.3, 0.4) is 0 Å². The van der Waals surface area contributed by atoms with E-state index in [2.05, 4.69) is 4.99 Å². The fraction of sp³-hybridized carbons (Fsp3) is 0.211. The summed E-state index contributed by atoms with van der Waals surface area (Å²) >= 11 is 1.21. The number of amides is 1. The van der Waals surface area contributed by atoms with Crippen LogP contribution in [0.2, 0.25) is 0 Å². The fourth-order valence-electron chi connectivity index (χ4n) is 2.52. The molecule has 3 aromatic rings. The van der Waals surface area contributed by atoms with E-state index in [0.717, 1.165) is 4.70 Å². The summed E-state index contributed by atoms with van der Waals surface area (Å²) in [6.45, 7) is 2.28. The third-order valence-corrected chi connectivity index (χ3v) is 4.82. The van der Waals surface area contributed by atoms with Gasteiger partial charge >= 0.3 is 5.97 Å². The van der Waals surface area contributed by atoms with Crippen molar-refractivity contribution in [3.05, 3.63) is 58.6 Å². The Morgan fingerprint density at radius 2 is 2.00 bits per heavy atom. The van der Waals surface area contributed by atoms with Gasteiger partial charge in [0.05, 0.1) is 29.5 Å². The van der Waals surface area contributed by atoms with Gasteiger partial charge in [0.1, 0.15) is 18.1 Å². The summed E-state index contributed by atoms with van der Waals surface area (Å²) < 4.78 is 26.4. The van der Waals surface area contributed by atoms with Crippen LogP contribution in [0.15, 0.2) is 47.5 Å². The van der Waals surface area contributed by atoms with E-state index in [4.69, 9.17) is 9.47 Å². The zero-order valence-corrected chi connectivity index (χ0v) is 15.6. The minimum absolute atomic E-state index is 0.117. The predicted octanol–water partition coefficient (Wildman–Crippen LogP) is 3.15. The second-order valence-corrected chi connectivity index (χ2v) is 6.52. The van der Waals surface area contributed by atoms with Gasteiger partial charge in [0.15, 0.2) is 4.80 Å². The topological polar surface area (TPSA) is 69.9 Å². The van der Waals surface area contributed by atoms with Gasteiger partial charge in [0.2, 0.25) is 0 Å². The number of rotatable bonds is 5. The van der Waals surface area contributed by atoms with Gasteiger partial charge in [0.25, 0.3) is 5.91 Å². The molecule has 0 radical (unpaired) electrons. The van der Waals surface area contributed by atoms with Gasteiger partial charge in [-0.25, -0.2) is 4.39 Å². The molecule has 8 heteroatoms. The van der Waals surface area contributed by atoms with Crippen molar-refractivity contribution in [3.63, 3.8) is 0 Å². The number of methoxy groups -OCH3 is 1. The van der Waals surface area contributed by atoms with Crippen molar-refractivity contribution in [2.75, 3.05) is 13.7 Å². The van der Waals surface area contributed by atoms with Crippen molar-refractivity contribution in [1.29, 1.82) is 0 Å². The first kappa shape index (κ1) is 18.8. The van der Waals surface area contributed by atoms with Crippen LogP contribution in [0.1, 0.15) is 17.3 Å². The summed E-state index contributed by atoms with van der Waals surface area (Å²) in [4.78, 5) is 28.6. The second-order valence-electron chi connectivity index (χ2n) is 5.51. The Labute approximate surface area is 158 Å². The van der Waals surface area contributed by atoms with Crippen LogP contribution in [-0.4, -0.2) is 30.2 Å². The molecule has 1 aromatic heterocycles. The number of carbonyl (C=O) groups excluding carboxylic acids is 2. The van der Waals surface area contributed by atoms with Crippen LogP contribution in [0.25, 0.3) is 10.2 Å². The monoisotopic (exact) mass is 388 g/mol. The first-order chi connectivity index (χ1) is 13.0. The molecule has 0 fully saturated rings. The number of esters is 1. The molecule has 0 bridgehead atoms. The van der Waals surface area contributed by atoms with Crippen molar-refractivity contribution in [2.45, 2.75) is 13.5 Å². The van der Waals surface area contributed by atoms with Gasteiger partial charge in [0, 0.05) is 0 Å². The maximum Gasteiger partial charge on any atom is 0.325 e. The second kappa shape index (κ2) is 8.13. The Kier molecular flexibility index (Phi) is 5.66. The van der Waals surface area contributed by atoms with Crippen LogP contribution in [0.5, 0.6) is 5.75 Å². The Hall–Kier alpha value is -3.00. The maximum atomic E-state index is 13.9. The third-order valence-electron chi connectivity index (χ3n) is 3.78. The number of hydrogen-bond donors (Lipinski definition) is 0. The molecule has 140 valence electrons. The average molecular weight is 388 g/mol. The van der Waals surface area contributed by atoms with Gasteiger partial charge in [-0.2, -0.15) is 4.99 Å². The van der Waals surface area contributed by atoms with Crippen LogP contribution >= 0.6 is 11.3 Å². The summed E-state index contributed by atoms with van der Waals surface area (Å²) in [6, 6.07) is 11.0. The van der Waals surface area contributed by atoms with Crippen molar-refractivity contribution in [1.82, 2.24) is 4.57 Å². The Bertz CT molecular complexity index is 1070. The number of aromatic nitrogens is 1. The molecule has 6 nitrogen and oxygen atoms in total. The molecule has 0 unspecified atom stereocenters. The lowest BCUT2D eigenvalue weighted by atomic mass is 10.2. The molecule has 1 heterocycles. The van der Waals surface area contributed by atoms with E-state index in [9.17, 15) is 14.0 Å². The largest absolute Gasteiger partial charge is 0.494 e. The number of fused-ring (bicyclic) bond motifs is 1. The minimum Gasteiger partial charge on any atom is -0.494 e. The number of hydrogen-bond acceptors (Lipinski definition) is 5. The van der Waals surface area contributed by atoms with Crippen LogP contribution < -0.4 is 9.54 Å². The highest BCUT2D eigenvalue weighted by molar-refractivity contribution is 7.16. The quantitative estimate of drug-likeness (QED) is 0.630. The number of benzene rings is 2. The Morgan fingerprint density at radius 1 is 1.22 bits per heavy atom. The van der Waals surface area contributed by atoms with Crippen LogP contribution in [-0.2, 0) is 16.1 Å². The number of carbonyl (C=O) groups is 2. The number of thiazole rings is 1. The van der Waals surface area contributed by atoms with Crippen molar-refractivity contribution in [2.24, 2.45) is 4.99 Å². The molecule has 0 spiro atoms. The molecule has 0 saturated heterocycles. The molecule has 0 atom stereocenters. The molecule has 0 saturated carbocycles. The van der Waals surface area contributed by atoms with Gasteiger partial charge < -0.3 is 14.0 Å². The summed E-state index contributed by atoms with van der Waals surface area (Å²) in [7, 11) is 1.28. The van der Waals surface area contributed by atoms with E-state index in [1.807, 2.05) is 13.0 Å². The summed E-state index contributed by atoms with van der Waals surface area (Å²) in [5.74, 6) is -1.18. The molecule has 0 N–H and O–H groups in total. The van der Waals surface area contributed by atoms with E-state index >= 15 is 0 Å². The molecule has 1 amide bonds. The number of nitrogens with zero attached hydrogens (tertiary/aromatic N) is 2. The van der Waals surface area contributed by atoms with Gasteiger partial charge in [-0.05, 0) is 37.3 Å². The standard InChI is InChI=1S/C19H17FN2O4S/c1-3-26-12-8-9-15-16(10-12)27-19(22(15)11-17(23)25-2)21-18(24)13-6-4-5-7-14(13)20/h4-10H,3,11H2,1-2H3. The Balaban J connectivity index is 2.14. The Morgan fingerprint density at radius 3 is 2.70 bits per heavy atom. The lowest BCUT2D eigenvalue weighted by molar-refractivity contribution is -0.141. The van der Waals surface area contributed by atoms with E-state index in [0.29, 0.717) is 17.9 Å². The number of ether oxygens (including phenoxy) is 2. The van der Waals surface area contributed by atoms with E-state index in [1.165, 1.54) is 36.6 Å². The normalized spacial score (nSPS) is 11.6. The first-order valence-electron chi connectivity index (χ1n) is 8.20. The number of halogens is 1. The molecule has 2 aromatic carbocycles. The highest BCUT2D eigenvalue weighted by Crippen LogP contribution is 2.23. The van der Waals surface area contributed by atoms with Crippen molar-refractivity contribution >= 4 is 33.4 Å². The molecule has 0 aliphatic heterocycles. The predicted molar refractivity (Wildman–Crippen MR) is 99.3 cm³/mol. The molecular weight excluding hydrogens is 371 g/mol. The van der Waals surface area contributed by atoms with E-state index in [-0.39, 0.29) is 16.9 Å². The maximum absolute atomic E-state index is 13.9.